The Kier molecular flexibility index (Phi) is 3.67. The van der Waals surface area contributed by atoms with E-state index < -0.39 is 0 Å². The first-order valence-electron chi connectivity index (χ1n) is 4.22. The van der Waals surface area contributed by atoms with E-state index in [-0.39, 0.29) is 6.61 Å². The molecule has 0 spiro atoms. The summed E-state index contributed by atoms with van der Waals surface area (Å²) in [5.74, 6) is 0. The van der Waals surface area contributed by atoms with Gasteiger partial charge in [-0.05, 0) is 19.2 Å². The molecule has 0 atom stereocenters. The highest BCUT2D eigenvalue weighted by molar-refractivity contribution is 5.37. The molecule has 1 aromatic heterocycles. The first-order valence-corrected chi connectivity index (χ1v) is 4.22. The number of hydrogen-bond acceptors (Lipinski definition) is 4. The minimum absolute atomic E-state index is 0.165. The van der Waals surface area contributed by atoms with Gasteiger partial charge in [-0.1, -0.05) is 0 Å². The number of aromatic nitrogens is 1. The molecule has 0 aliphatic rings. The van der Waals surface area contributed by atoms with Crippen LogP contribution in [0.4, 0.5) is 5.69 Å². The maximum absolute atomic E-state index is 8.68. The summed E-state index contributed by atoms with van der Waals surface area (Å²) in [6.45, 7) is 1.53. The third-order valence-corrected chi connectivity index (χ3v) is 1.75. The number of hydrogen-bond donors (Lipinski definition) is 2. The van der Waals surface area contributed by atoms with Gasteiger partial charge in [0.15, 0.2) is 0 Å². The minimum atomic E-state index is 0.165. The molecule has 0 aromatic carbocycles. The molecule has 0 fully saturated rings. The number of aliphatic hydroxyl groups excluding tert-OH is 1. The third kappa shape index (κ3) is 3.40. The molecule has 0 radical (unpaired) electrons. The monoisotopic (exact) mass is 181 g/mol. The number of pyridine rings is 1. The predicted molar refractivity (Wildman–Crippen MR) is 52.1 cm³/mol. The van der Waals surface area contributed by atoms with Crippen molar-refractivity contribution in [1.82, 2.24) is 9.88 Å². The lowest BCUT2D eigenvalue weighted by Gasteiger charge is -2.14. The molecule has 0 bridgehead atoms. The van der Waals surface area contributed by atoms with E-state index in [0.717, 1.165) is 11.4 Å². The molecule has 0 saturated heterocycles. The van der Waals surface area contributed by atoms with Crippen molar-refractivity contribution in [3.63, 3.8) is 0 Å². The lowest BCUT2D eigenvalue weighted by Crippen LogP contribution is -2.22. The number of nitrogen functional groups attached to an aromatic ring is 1. The number of aliphatic hydroxyl groups is 1. The summed E-state index contributed by atoms with van der Waals surface area (Å²) in [6, 6.07) is 3.60. The predicted octanol–water partition coefficient (Wildman–Crippen LogP) is 0.0879. The number of rotatable bonds is 4. The molecule has 4 nitrogen and oxygen atoms in total. The molecule has 0 saturated carbocycles. The quantitative estimate of drug-likeness (QED) is 0.691. The lowest BCUT2D eigenvalue weighted by molar-refractivity contribution is 0.216. The van der Waals surface area contributed by atoms with Gasteiger partial charge in [-0.3, -0.25) is 9.88 Å². The molecule has 0 aliphatic heterocycles. The second-order valence-electron chi connectivity index (χ2n) is 3.04. The van der Waals surface area contributed by atoms with Crippen molar-refractivity contribution in [2.24, 2.45) is 0 Å². The van der Waals surface area contributed by atoms with E-state index in [2.05, 4.69) is 4.98 Å². The summed E-state index contributed by atoms with van der Waals surface area (Å²) >= 11 is 0. The zero-order valence-corrected chi connectivity index (χ0v) is 7.77. The summed E-state index contributed by atoms with van der Waals surface area (Å²) in [5, 5.41) is 8.68. The van der Waals surface area contributed by atoms with Gasteiger partial charge < -0.3 is 10.8 Å². The smallest absolute Gasteiger partial charge is 0.0564 e. The van der Waals surface area contributed by atoms with Gasteiger partial charge in [0, 0.05) is 25.0 Å². The fourth-order valence-corrected chi connectivity index (χ4v) is 1.11. The SMILES string of the molecule is CN(CCO)Cc1cc(N)ccn1. The molecule has 1 heterocycles. The van der Waals surface area contributed by atoms with Gasteiger partial charge in [0.25, 0.3) is 0 Å². The van der Waals surface area contributed by atoms with Gasteiger partial charge >= 0.3 is 0 Å². The van der Waals surface area contributed by atoms with Crippen LogP contribution in [0.3, 0.4) is 0 Å². The number of likely N-dealkylation sites (N-methyl/N-ethyl adjacent to an activating group) is 1. The standard InChI is InChI=1S/C9H15N3O/c1-12(4-5-13)7-9-6-8(10)2-3-11-9/h2-3,6,13H,4-5,7H2,1H3,(H2,10,11). The van der Waals surface area contributed by atoms with Crippen LogP contribution >= 0.6 is 0 Å². The van der Waals surface area contributed by atoms with Crippen molar-refractivity contribution in [2.45, 2.75) is 6.54 Å². The average Bonchev–Trinajstić information content (AvgIpc) is 2.04. The Hall–Kier alpha value is -1.13. The molecule has 4 heteroatoms. The second-order valence-corrected chi connectivity index (χ2v) is 3.04. The third-order valence-electron chi connectivity index (χ3n) is 1.75. The highest BCUT2D eigenvalue weighted by atomic mass is 16.3. The summed E-state index contributed by atoms with van der Waals surface area (Å²) in [4.78, 5) is 6.15. The van der Waals surface area contributed by atoms with Crippen LogP contribution in [0.15, 0.2) is 18.3 Å². The van der Waals surface area contributed by atoms with E-state index in [1.54, 1.807) is 12.3 Å². The van der Waals surface area contributed by atoms with E-state index in [1.165, 1.54) is 0 Å². The van der Waals surface area contributed by atoms with Crippen LogP contribution in [0.2, 0.25) is 0 Å². The van der Waals surface area contributed by atoms with Crippen LogP contribution in [0.1, 0.15) is 5.69 Å². The number of anilines is 1. The van der Waals surface area contributed by atoms with E-state index in [0.29, 0.717) is 13.1 Å². The van der Waals surface area contributed by atoms with E-state index >= 15 is 0 Å². The van der Waals surface area contributed by atoms with Crippen LogP contribution in [-0.4, -0.2) is 35.2 Å². The molecule has 0 unspecified atom stereocenters. The van der Waals surface area contributed by atoms with E-state index in [4.69, 9.17) is 10.8 Å². The average molecular weight is 181 g/mol. The Bertz CT molecular complexity index is 265. The highest BCUT2D eigenvalue weighted by Gasteiger charge is 2.00. The van der Waals surface area contributed by atoms with Crippen molar-refractivity contribution in [2.75, 3.05) is 25.9 Å². The number of nitrogens with zero attached hydrogens (tertiary/aromatic N) is 2. The maximum atomic E-state index is 8.68. The zero-order valence-electron chi connectivity index (χ0n) is 7.77. The Labute approximate surface area is 78.0 Å². The molecular formula is C9H15N3O. The Morgan fingerprint density at radius 3 is 3.00 bits per heavy atom. The minimum Gasteiger partial charge on any atom is -0.399 e. The van der Waals surface area contributed by atoms with Crippen LogP contribution in [0.25, 0.3) is 0 Å². The number of nitrogens with two attached hydrogens (primary N) is 1. The Morgan fingerprint density at radius 2 is 2.38 bits per heavy atom. The summed E-state index contributed by atoms with van der Waals surface area (Å²) in [5.41, 5.74) is 7.25. The van der Waals surface area contributed by atoms with Crippen LogP contribution in [0, 0.1) is 0 Å². The van der Waals surface area contributed by atoms with Crippen molar-refractivity contribution >= 4 is 5.69 Å². The normalized spacial score (nSPS) is 10.7. The first-order chi connectivity index (χ1) is 6.22. The molecule has 0 aliphatic carbocycles. The van der Waals surface area contributed by atoms with Gasteiger partial charge in [-0.15, -0.1) is 0 Å². The molecule has 3 N–H and O–H groups in total. The van der Waals surface area contributed by atoms with Crippen molar-refractivity contribution in [3.05, 3.63) is 24.0 Å². The van der Waals surface area contributed by atoms with Gasteiger partial charge in [0.2, 0.25) is 0 Å². The summed E-state index contributed by atoms with van der Waals surface area (Å²) in [7, 11) is 1.93. The van der Waals surface area contributed by atoms with Crippen molar-refractivity contribution in [1.29, 1.82) is 0 Å². The fourth-order valence-electron chi connectivity index (χ4n) is 1.11. The van der Waals surface area contributed by atoms with Gasteiger partial charge in [-0.2, -0.15) is 0 Å². The molecule has 1 rings (SSSR count). The van der Waals surface area contributed by atoms with Crippen LogP contribution in [0.5, 0.6) is 0 Å². The Balaban J connectivity index is 2.53. The van der Waals surface area contributed by atoms with Gasteiger partial charge in [-0.25, -0.2) is 0 Å². The van der Waals surface area contributed by atoms with E-state index in [1.807, 2.05) is 18.0 Å². The van der Waals surface area contributed by atoms with Crippen LogP contribution in [-0.2, 0) is 6.54 Å². The van der Waals surface area contributed by atoms with Crippen LogP contribution < -0.4 is 5.73 Å². The topological polar surface area (TPSA) is 62.4 Å². The first kappa shape index (κ1) is 9.95. The van der Waals surface area contributed by atoms with Crippen molar-refractivity contribution in [3.8, 4) is 0 Å². The molecule has 13 heavy (non-hydrogen) atoms. The van der Waals surface area contributed by atoms with Gasteiger partial charge in [0.05, 0.1) is 12.3 Å². The van der Waals surface area contributed by atoms with Gasteiger partial charge in [0.1, 0.15) is 0 Å². The summed E-state index contributed by atoms with van der Waals surface area (Å²) < 4.78 is 0. The van der Waals surface area contributed by atoms with E-state index in [9.17, 15) is 0 Å². The Morgan fingerprint density at radius 1 is 1.62 bits per heavy atom. The molecule has 72 valence electrons. The molecular weight excluding hydrogens is 166 g/mol. The second kappa shape index (κ2) is 4.79. The largest absolute Gasteiger partial charge is 0.399 e. The fraction of sp³-hybridized carbons (Fsp3) is 0.444. The molecule has 1 aromatic rings. The lowest BCUT2D eigenvalue weighted by atomic mass is 10.3. The zero-order chi connectivity index (χ0) is 9.68. The highest BCUT2D eigenvalue weighted by Crippen LogP contribution is 2.04. The summed E-state index contributed by atoms with van der Waals surface area (Å²) in [6.07, 6.45) is 1.69. The van der Waals surface area contributed by atoms with Crippen molar-refractivity contribution < 1.29 is 5.11 Å². The molecule has 0 amide bonds. The maximum Gasteiger partial charge on any atom is 0.0564 e.